The fourth-order valence-corrected chi connectivity index (χ4v) is 2.51. The number of nitro groups is 1. The fraction of sp³-hybridized carbons (Fsp3) is 0.200. The number of nitrogens with zero attached hydrogens (tertiary/aromatic N) is 3. The van der Waals surface area contributed by atoms with Gasteiger partial charge >= 0.3 is 5.97 Å². The number of non-ortho nitro benzene ring substituents is 1. The number of aromatic nitrogens is 1. The molecule has 118 valence electrons. The van der Waals surface area contributed by atoms with Gasteiger partial charge in [0.05, 0.1) is 29.0 Å². The first-order valence-corrected chi connectivity index (χ1v) is 6.57. The molecule has 2 aromatic rings. The van der Waals surface area contributed by atoms with Crippen molar-refractivity contribution in [1.82, 2.24) is 4.57 Å². The molecule has 0 bridgehead atoms. The van der Waals surface area contributed by atoms with E-state index in [1.807, 2.05) is 6.07 Å². The minimum absolute atomic E-state index is 0.0107. The number of methoxy groups -OCH3 is 1. The second-order valence-corrected chi connectivity index (χ2v) is 4.96. The van der Waals surface area contributed by atoms with Crippen LogP contribution in [0.15, 0.2) is 18.3 Å². The summed E-state index contributed by atoms with van der Waals surface area (Å²) in [4.78, 5) is 22.5. The average molecular weight is 314 g/mol. The predicted molar refractivity (Wildman–Crippen MR) is 82.4 cm³/mol. The van der Waals surface area contributed by atoms with Crippen LogP contribution in [-0.4, -0.2) is 22.6 Å². The molecule has 0 amide bonds. The summed E-state index contributed by atoms with van der Waals surface area (Å²) in [6, 6.07) is 4.70. The predicted octanol–water partition coefficient (Wildman–Crippen LogP) is 2.24. The van der Waals surface area contributed by atoms with Gasteiger partial charge in [0, 0.05) is 18.3 Å². The van der Waals surface area contributed by atoms with Crippen LogP contribution >= 0.6 is 0 Å². The number of aryl methyl sites for hydroxylation is 2. The van der Waals surface area contributed by atoms with Gasteiger partial charge in [0.1, 0.15) is 6.07 Å². The lowest BCUT2D eigenvalue weighted by Gasteiger charge is -2.14. The molecule has 2 N–H and O–H groups in total. The molecule has 0 spiro atoms. The fourth-order valence-electron chi connectivity index (χ4n) is 2.51. The van der Waals surface area contributed by atoms with Crippen LogP contribution in [0, 0.1) is 35.3 Å². The minimum atomic E-state index is -0.693. The molecule has 8 nitrogen and oxygen atoms in total. The van der Waals surface area contributed by atoms with Gasteiger partial charge in [0.15, 0.2) is 5.69 Å². The van der Waals surface area contributed by atoms with Crippen molar-refractivity contribution in [3.8, 4) is 11.8 Å². The number of rotatable bonds is 3. The van der Waals surface area contributed by atoms with Gasteiger partial charge in [-0.15, -0.1) is 0 Å². The maximum atomic E-state index is 12.0. The Balaban J connectivity index is 2.80. The van der Waals surface area contributed by atoms with Crippen LogP contribution in [0.3, 0.4) is 0 Å². The van der Waals surface area contributed by atoms with Crippen LogP contribution in [0.5, 0.6) is 0 Å². The maximum Gasteiger partial charge on any atom is 0.357 e. The second kappa shape index (κ2) is 5.81. The minimum Gasteiger partial charge on any atom is -0.464 e. The molecule has 0 saturated carbocycles. The molecule has 1 heterocycles. The average Bonchev–Trinajstić information content (AvgIpc) is 2.82. The third-order valence-electron chi connectivity index (χ3n) is 3.47. The van der Waals surface area contributed by atoms with Crippen LogP contribution < -0.4 is 5.73 Å². The molecule has 0 unspecified atom stereocenters. The molecule has 8 heteroatoms. The van der Waals surface area contributed by atoms with Gasteiger partial charge in [-0.3, -0.25) is 10.1 Å². The van der Waals surface area contributed by atoms with E-state index in [4.69, 9.17) is 15.7 Å². The smallest absolute Gasteiger partial charge is 0.357 e. The summed E-state index contributed by atoms with van der Waals surface area (Å²) >= 11 is 0. The molecule has 1 aromatic carbocycles. The van der Waals surface area contributed by atoms with Gasteiger partial charge in [-0.25, -0.2) is 4.79 Å². The van der Waals surface area contributed by atoms with Gasteiger partial charge in [-0.05, 0) is 25.0 Å². The number of hydrogen-bond acceptors (Lipinski definition) is 6. The third-order valence-corrected chi connectivity index (χ3v) is 3.47. The Labute approximate surface area is 131 Å². The number of nitrogen functional groups attached to an aromatic ring is 1. The van der Waals surface area contributed by atoms with Crippen molar-refractivity contribution in [1.29, 1.82) is 5.26 Å². The van der Waals surface area contributed by atoms with Gasteiger partial charge in [-0.1, -0.05) is 0 Å². The van der Waals surface area contributed by atoms with E-state index in [1.165, 1.54) is 30.0 Å². The Hall–Kier alpha value is -3.34. The van der Waals surface area contributed by atoms with Crippen molar-refractivity contribution in [2.75, 3.05) is 12.8 Å². The second-order valence-electron chi connectivity index (χ2n) is 4.96. The molecule has 0 aliphatic heterocycles. The lowest BCUT2D eigenvalue weighted by Crippen LogP contribution is -2.12. The highest BCUT2D eigenvalue weighted by Crippen LogP contribution is 2.30. The highest BCUT2D eigenvalue weighted by Gasteiger charge is 2.24. The molecule has 0 aliphatic carbocycles. The van der Waals surface area contributed by atoms with Crippen molar-refractivity contribution >= 4 is 17.3 Å². The molecular formula is C15H14N4O4. The molecule has 0 radical (unpaired) electrons. The van der Waals surface area contributed by atoms with Gasteiger partial charge in [0.2, 0.25) is 0 Å². The van der Waals surface area contributed by atoms with Crippen molar-refractivity contribution < 1.29 is 14.5 Å². The summed E-state index contributed by atoms with van der Waals surface area (Å²) in [5.41, 5.74) is 7.65. The van der Waals surface area contributed by atoms with E-state index < -0.39 is 10.9 Å². The van der Waals surface area contributed by atoms with Crippen molar-refractivity contribution in [3.05, 3.63) is 50.8 Å². The number of nitriles is 1. The first kappa shape index (κ1) is 16.0. The van der Waals surface area contributed by atoms with Gasteiger partial charge < -0.3 is 15.0 Å². The number of carbonyl (C=O) groups is 1. The number of carbonyl (C=O) groups excluding carboxylic acids is 1. The quantitative estimate of drug-likeness (QED) is 0.526. The zero-order valence-corrected chi connectivity index (χ0v) is 12.8. The van der Waals surface area contributed by atoms with E-state index in [1.54, 1.807) is 13.8 Å². The van der Waals surface area contributed by atoms with Crippen LogP contribution in [-0.2, 0) is 4.74 Å². The number of hydrogen-bond donors (Lipinski definition) is 1. The zero-order valence-electron chi connectivity index (χ0n) is 12.8. The Morgan fingerprint density at radius 1 is 1.39 bits per heavy atom. The topological polar surface area (TPSA) is 124 Å². The summed E-state index contributed by atoms with van der Waals surface area (Å²) in [5.74, 6) is -0.693. The summed E-state index contributed by atoms with van der Waals surface area (Å²) in [5, 5.41) is 20.1. The molecule has 0 atom stereocenters. The summed E-state index contributed by atoms with van der Waals surface area (Å²) in [7, 11) is 1.21. The number of nitrogens with two attached hydrogens (primary N) is 1. The normalized spacial score (nSPS) is 10.2. The Morgan fingerprint density at radius 3 is 2.39 bits per heavy atom. The molecular weight excluding hydrogens is 300 g/mol. The molecule has 0 fully saturated rings. The molecule has 2 rings (SSSR count). The first-order chi connectivity index (χ1) is 10.8. The standard InChI is InChI=1S/C15H14N4O4/c1-8-4-11(19(21)22)5-9(2)13(8)18-7-10(6-16)12(17)14(18)15(20)23-3/h4-5,7H,17H2,1-3H3. The van der Waals surface area contributed by atoms with E-state index in [-0.39, 0.29) is 22.6 Å². The maximum absolute atomic E-state index is 12.0. The van der Waals surface area contributed by atoms with E-state index in [0.717, 1.165) is 0 Å². The van der Waals surface area contributed by atoms with E-state index in [9.17, 15) is 14.9 Å². The first-order valence-electron chi connectivity index (χ1n) is 6.57. The van der Waals surface area contributed by atoms with E-state index in [0.29, 0.717) is 16.8 Å². The number of anilines is 1. The van der Waals surface area contributed by atoms with Crippen molar-refractivity contribution in [3.63, 3.8) is 0 Å². The monoisotopic (exact) mass is 314 g/mol. The van der Waals surface area contributed by atoms with Crippen LogP contribution in [0.1, 0.15) is 27.2 Å². The highest BCUT2D eigenvalue weighted by molar-refractivity contribution is 5.96. The Kier molecular flexibility index (Phi) is 4.05. The van der Waals surface area contributed by atoms with E-state index >= 15 is 0 Å². The number of benzene rings is 1. The summed E-state index contributed by atoms with van der Waals surface area (Å²) in [6.45, 7) is 3.36. The number of esters is 1. The SMILES string of the molecule is COC(=O)c1c(N)c(C#N)cn1-c1c(C)cc([N+](=O)[O-])cc1C. The zero-order chi connectivity index (χ0) is 17.3. The van der Waals surface area contributed by atoms with Crippen LogP contribution in [0.2, 0.25) is 0 Å². The Bertz CT molecular complexity index is 838. The molecule has 0 saturated heterocycles. The third kappa shape index (κ3) is 2.60. The lowest BCUT2D eigenvalue weighted by molar-refractivity contribution is -0.384. The summed E-state index contributed by atoms with van der Waals surface area (Å²) < 4.78 is 6.16. The van der Waals surface area contributed by atoms with Gasteiger partial charge in [0.25, 0.3) is 5.69 Å². The number of nitro benzene ring substituents is 1. The Morgan fingerprint density at radius 2 is 1.96 bits per heavy atom. The largest absolute Gasteiger partial charge is 0.464 e. The van der Waals surface area contributed by atoms with Crippen molar-refractivity contribution in [2.24, 2.45) is 0 Å². The van der Waals surface area contributed by atoms with Crippen molar-refractivity contribution in [2.45, 2.75) is 13.8 Å². The number of ether oxygens (including phenoxy) is 1. The van der Waals surface area contributed by atoms with E-state index in [2.05, 4.69) is 0 Å². The molecule has 23 heavy (non-hydrogen) atoms. The summed E-state index contributed by atoms with van der Waals surface area (Å²) in [6.07, 6.45) is 1.42. The van der Waals surface area contributed by atoms with Crippen LogP contribution in [0.4, 0.5) is 11.4 Å². The van der Waals surface area contributed by atoms with Gasteiger partial charge in [-0.2, -0.15) is 5.26 Å². The van der Waals surface area contributed by atoms with Crippen LogP contribution in [0.25, 0.3) is 5.69 Å². The highest BCUT2D eigenvalue weighted by atomic mass is 16.6. The molecule has 1 aromatic heterocycles. The lowest BCUT2D eigenvalue weighted by atomic mass is 10.1. The molecule has 0 aliphatic rings.